The fourth-order valence-corrected chi connectivity index (χ4v) is 1.95. The van der Waals surface area contributed by atoms with E-state index in [1.54, 1.807) is 0 Å². The average molecular weight is 281 g/mol. The fraction of sp³-hybridized carbons (Fsp3) is 0.0667. The molecule has 0 fully saturated rings. The Morgan fingerprint density at radius 3 is 2.62 bits per heavy atom. The number of benzene rings is 2. The van der Waals surface area contributed by atoms with Crippen LogP contribution in [0.3, 0.4) is 0 Å². The van der Waals surface area contributed by atoms with E-state index >= 15 is 0 Å². The Hall–Kier alpha value is -3.02. The summed E-state index contributed by atoms with van der Waals surface area (Å²) in [5.74, 6) is 0.101. The maximum Gasteiger partial charge on any atom is 0.338 e. The van der Waals surface area contributed by atoms with E-state index in [9.17, 15) is 9.70 Å². The predicted molar refractivity (Wildman–Crippen MR) is 77.1 cm³/mol. The second-order valence-corrected chi connectivity index (χ2v) is 4.41. The Morgan fingerprint density at radius 2 is 1.90 bits per heavy atom. The molecule has 21 heavy (non-hydrogen) atoms. The van der Waals surface area contributed by atoms with E-state index in [1.807, 2.05) is 24.3 Å². The van der Waals surface area contributed by atoms with Crippen molar-refractivity contribution in [1.82, 2.24) is 9.97 Å². The molecule has 0 aliphatic rings. The number of esters is 1. The molecule has 1 heterocycles. The Labute approximate surface area is 119 Å². The van der Waals surface area contributed by atoms with E-state index in [-0.39, 0.29) is 12.3 Å². The highest BCUT2D eigenvalue weighted by Crippen LogP contribution is 2.14. The number of rotatable bonds is 4. The normalized spacial score (nSPS) is 10.5. The van der Waals surface area contributed by atoms with Crippen LogP contribution < -0.4 is 0 Å². The molecule has 1 aromatic heterocycles. The number of hydrogen-bond donors (Lipinski definition) is 1. The quantitative estimate of drug-likeness (QED) is 0.587. The van der Waals surface area contributed by atoms with Crippen LogP contribution in [0.1, 0.15) is 16.2 Å². The Balaban J connectivity index is 1.68. The summed E-state index contributed by atoms with van der Waals surface area (Å²) < 4.78 is 5.18. The molecule has 0 unspecified atom stereocenters. The molecule has 0 saturated heterocycles. The topological polar surface area (TPSA) is 84.4 Å². The molecule has 0 saturated carbocycles. The van der Waals surface area contributed by atoms with Gasteiger partial charge in [-0.1, -0.05) is 12.1 Å². The summed E-state index contributed by atoms with van der Waals surface area (Å²) in [7, 11) is 0. The van der Waals surface area contributed by atoms with Crippen molar-refractivity contribution in [2.75, 3.05) is 0 Å². The smallest absolute Gasteiger partial charge is 0.338 e. The minimum absolute atomic E-state index is 0.0567. The first-order chi connectivity index (χ1) is 10.3. The lowest BCUT2D eigenvalue weighted by Gasteiger charge is -2.02. The molecule has 2 aromatic carbocycles. The van der Waals surface area contributed by atoms with Gasteiger partial charge in [-0.15, -0.1) is 4.91 Å². The van der Waals surface area contributed by atoms with Gasteiger partial charge in [-0.25, -0.2) is 9.78 Å². The third kappa shape index (κ3) is 2.79. The van der Waals surface area contributed by atoms with E-state index in [1.165, 1.54) is 24.3 Å². The number of nitrogens with one attached hydrogen (secondary N) is 1. The van der Waals surface area contributed by atoms with Crippen LogP contribution >= 0.6 is 0 Å². The number of carbonyl (C=O) groups excluding carboxylic acids is 1. The average Bonchev–Trinajstić information content (AvgIpc) is 2.95. The van der Waals surface area contributed by atoms with Crippen molar-refractivity contribution in [2.24, 2.45) is 5.18 Å². The van der Waals surface area contributed by atoms with Crippen molar-refractivity contribution in [3.05, 3.63) is 64.8 Å². The van der Waals surface area contributed by atoms with Crippen LogP contribution in [0, 0.1) is 4.91 Å². The number of para-hydroxylation sites is 2. The molecular weight excluding hydrogens is 270 g/mol. The van der Waals surface area contributed by atoms with Gasteiger partial charge in [-0.05, 0) is 41.6 Å². The maximum absolute atomic E-state index is 11.9. The number of H-pyrrole nitrogens is 1. The number of fused-ring (bicyclic) bond motifs is 1. The molecule has 1 N–H and O–H groups in total. The van der Waals surface area contributed by atoms with E-state index < -0.39 is 5.97 Å². The second kappa shape index (κ2) is 5.54. The monoisotopic (exact) mass is 281 g/mol. The zero-order valence-corrected chi connectivity index (χ0v) is 10.9. The SMILES string of the molecule is O=Nc1ccc(C(=O)OCc2nc3ccccc3[nH]2)cc1. The van der Waals surface area contributed by atoms with Gasteiger partial charge in [0.05, 0.1) is 16.6 Å². The number of ether oxygens (including phenoxy) is 1. The highest BCUT2D eigenvalue weighted by Gasteiger charge is 2.09. The van der Waals surface area contributed by atoms with Gasteiger partial charge in [0.2, 0.25) is 0 Å². The summed E-state index contributed by atoms with van der Waals surface area (Å²) >= 11 is 0. The largest absolute Gasteiger partial charge is 0.454 e. The van der Waals surface area contributed by atoms with Crippen LogP contribution in [-0.4, -0.2) is 15.9 Å². The molecule has 104 valence electrons. The van der Waals surface area contributed by atoms with Crippen LogP contribution in [0.15, 0.2) is 53.7 Å². The standard InChI is InChI=1S/C15H11N3O3/c19-15(10-5-7-11(18-20)8-6-10)21-9-14-16-12-3-1-2-4-13(12)17-14/h1-8H,9H2,(H,16,17). The minimum atomic E-state index is -0.479. The zero-order chi connectivity index (χ0) is 14.7. The van der Waals surface area contributed by atoms with Crippen molar-refractivity contribution < 1.29 is 9.53 Å². The number of imidazole rings is 1. The zero-order valence-electron chi connectivity index (χ0n) is 10.9. The molecule has 0 spiro atoms. The van der Waals surface area contributed by atoms with Crippen molar-refractivity contribution in [3.63, 3.8) is 0 Å². The molecule has 0 radical (unpaired) electrons. The van der Waals surface area contributed by atoms with Gasteiger partial charge >= 0.3 is 5.97 Å². The number of nitroso groups, excluding NO2 is 1. The van der Waals surface area contributed by atoms with Crippen molar-refractivity contribution in [1.29, 1.82) is 0 Å². The van der Waals surface area contributed by atoms with Crippen LogP contribution in [-0.2, 0) is 11.3 Å². The molecule has 6 nitrogen and oxygen atoms in total. The van der Waals surface area contributed by atoms with Gasteiger partial charge in [0.15, 0.2) is 0 Å². The first-order valence-corrected chi connectivity index (χ1v) is 6.30. The van der Waals surface area contributed by atoms with Crippen molar-refractivity contribution >= 4 is 22.7 Å². The highest BCUT2D eigenvalue weighted by molar-refractivity contribution is 5.89. The summed E-state index contributed by atoms with van der Waals surface area (Å²) in [4.78, 5) is 29.6. The molecule has 3 aromatic rings. The molecule has 0 amide bonds. The molecule has 0 atom stereocenters. The Kier molecular flexibility index (Phi) is 3.42. The lowest BCUT2D eigenvalue weighted by Crippen LogP contribution is -2.05. The predicted octanol–water partition coefficient (Wildman–Crippen LogP) is 3.32. The van der Waals surface area contributed by atoms with E-state index in [0.717, 1.165) is 11.0 Å². The number of aromatic amines is 1. The van der Waals surface area contributed by atoms with E-state index in [4.69, 9.17) is 4.74 Å². The fourth-order valence-electron chi connectivity index (χ4n) is 1.95. The van der Waals surface area contributed by atoms with Crippen molar-refractivity contribution in [3.8, 4) is 0 Å². The Morgan fingerprint density at radius 1 is 1.14 bits per heavy atom. The summed E-state index contributed by atoms with van der Waals surface area (Å²) in [6, 6.07) is 13.5. The number of hydrogen-bond acceptors (Lipinski definition) is 5. The molecular formula is C15H11N3O3. The van der Waals surface area contributed by atoms with Gasteiger partial charge < -0.3 is 9.72 Å². The molecule has 0 aliphatic heterocycles. The van der Waals surface area contributed by atoms with Crippen LogP contribution in [0.5, 0.6) is 0 Å². The minimum Gasteiger partial charge on any atom is -0.454 e. The van der Waals surface area contributed by atoms with Gasteiger partial charge in [0, 0.05) is 0 Å². The highest BCUT2D eigenvalue weighted by atomic mass is 16.5. The van der Waals surface area contributed by atoms with E-state index in [2.05, 4.69) is 15.1 Å². The maximum atomic E-state index is 11.9. The number of nitrogens with zero attached hydrogens (tertiary/aromatic N) is 2. The van der Waals surface area contributed by atoms with Gasteiger partial charge in [-0.3, -0.25) is 0 Å². The van der Waals surface area contributed by atoms with E-state index in [0.29, 0.717) is 11.4 Å². The second-order valence-electron chi connectivity index (χ2n) is 4.41. The molecule has 0 bridgehead atoms. The van der Waals surface area contributed by atoms with Gasteiger partial charge in [0.25, 0.3) is 0 Å². The van der Waals surface area contributed by atoms with Crippen molar-refractivity contribution in [2.45, 2.75) is 6.61 Å². The van der Waals surface area contributed by atoms with Crippen LogP contribution in [0.4, 0.5) is 5.69 Å². The number of carbonyl (C=O) groups is 1. The third-order valence-electron chi connectivity index (χ3n) is 2.99. The summed E-state index contributed by atoms with van der Waals surface area (Å²) in [6.45, 7) is 0.0567. The lowest BCUT2D eigenvalue weighted by atomic mass is 10.2. The first kappa shape index (κ1) is 13.0. The summed E-state index contributed by atoms with van der Waals surface area (Å²) in [5.41, 5.74) is 2.34. The van der Waals surface area contributed by atoms with Gasteiger partial charge in [-0.2, -0.15) is 0 Å². The third-order valence-corrected chi connectivity index (χ3v) is 2.99. The number of aromatic nitrogens is 2. The lowest BCUT2D eigenvalue weighted by molar-refractivity contribution is 0.0463. The van der Waals surface area contributed by atoms with Crippen LogP contribution in [0.2, 0.25) is 0 Å². The molecule has 0 aliphatic carbocycles. The summed E-state index contributed by atoms with van der Waals surface area (Å²) in [6.07, 6.45) is 0. The molecule has 3 rings (SSSR count). The van der Waals surface area contributed by atoms with Crippen LogP contribution in [0.25, 0.3) is 11.0 Å². The summed E-state index contributed by atoms with van der Waals surface area (Å²) in [5, 5.41) is 2.77. The Bertz CT molecular complexity index is 760. The van der Waals surface area contributed by atoms with Gasteiger partial charge in [0.1, 0.15) is 18.1 Å². The first-order valence-electron chi connectivity index (χ1n) is 6.30. The molecule has 6 heteroatoms.